The highest BCUT2D eigenvalue weighted by Crippen LogP contribution is 2.16. The first kappa shape index (κ1) is 18.6. The van der Waals surface area contributed by atoms with Gasteiger partial charge in [0.2, 0.25) is 0 Å². The average Bonchev–Trinajstić information content (AvgIpc) is 2.55. The number of anilines is 1. The quantitative estimate of drug-likeness (QED) is 0.895. The number of amides is 2. The van der Waals surface area contributed by atoms with Crippen molar-refractivity contribution in [3.63, 3.8) is 0 Å². The molecule has 1 aromatic rings. The maximum absolute atomic E-state index is 13.6. The summed E-state index contributed by atoms with van der Waals surface area (Å²) in [6, 6.07) is 3.22. The molecule has 0 saturated carbocycles. The molecule has 1 aliphatic rings. The summed E-state index contributed by atoms with van der Waals surface area (Å²) in [6.45, 7) is 3.48. The van der Waals surface area contributed by atoms with E-state index in [2.05, 4.69) is 29.2 Å². The maximum atomic E-state index is 13.6. The van der Waals surface area contributed by atoms with Crippen LogP contribution in [0.15, 0.2) is 18.2 Å². The highest BCUT2D eigenvalue weighted by Gasteiger charge is 2.21. The molecule has 0 atom stereocenters. The zero-order chi connectivity index (χ0) is 17.7. The first-order valence-electron chi connectivity index (χ1n) is 8.22. The third-order valence-electron chi connectivity index (χ3n) is 4.62. The number of benzene rings is 1. The van der Waals surface area contributed by atoms with Gasteiger partial charge in [-0.25, -0.2) is 13.6 Å². The van der Waals surface area contributed by atoms with Crippen LogP contribution in [-0.2, 0) is 0 Å². The molecule has 1 saturated heterocycles. The molecule has 1 fully saturated rings. The molecule has 1 aliphatic heterocycles. The van der Waals surface area contributed by atoms with Gasteiger partial charge in [-0.1, -0.05) is 0 Å². The smallest absolute Gasteiger partial charge is 0.321 e. The molecule has 1 heterocycles. The number of halogens is 2. The fourth-order valence-corrected chi connectivity index (χ4v) is 2.83. The average molecular weight is 340 g/mol. The second kappa shape index (κ2) is 8.39. The van der Waals surface area contributed by atoms with Crippen LogP contribution in [0.2, 0.25) is 0 Å². The molecule has 24 heavy (non-hydrogen) atoms. The third-order valence-corrected chi connectivity index (χ3v) is 4.62. The van der Waals surface area contributed by atoms with Gasteiger partial charge in [-0.3, -0.25) is 0 Å². The summed E-state index contributed by atoms with van der Waals surface area (Å²) < 4.78 is 26.5. The SMILES string of the molecule is CN1CCC(N(C)CCN(C)C(=O)Nc2ccc(F)cc2F)CC1. The van der Waals surface area contributed by atoms with Crippen molar-refractivity contribution in [2.45, 2.75) is 18.9 Å². The molecular formula is C17H26F2N4O. The minimum absolute atomic E-state index is 0.0167. The van der Waals surface area contributed by atoms with E-state index in [0.29, 0.717) is 12.6 Å². The van der Waals surface area contributed by atoms with E-state index < -0.39 is 17.7 Å². The third kappa shape index (κ3) is 5.14. The first-order valence-corrected chi connectivity index (χ1v) is 8.22. The van der Waals surface area contributed by atoms with Crippen LogP contribution in [0.3, 0.4) is 0 Å². The van der Waals surface area contributed by atoms with Crippen LogP contribution in [0.4, 0.5) is 19.3 Å². The van der Waals surface area contributed by atoms with Gasteiger partial charge >= 0.3 is 6.03 Å². The van der Waals surface area contributed by atoms with Crippen molar-refractivity contribution in [3.05, 3.63) is 29.8 Å². The number of piperidine rings is 1. The summed E-state index contributed by atoms with van der Waals surface area (Å²) in [5.41, 5.74) is -0.0167. The number of nitrogens with zero attached hydrogens (tertiary/aromatic N) is 3. The number of hydrogen-bond donors (Lipinski definition) is 1. The molecule has 0 aromatic heterocycles. The maximum Gasteiger partial charge on any atom is 0.321 e. The zero-order valence-electron chi connectivity index (χ0n) is 14.6. The summed E-state index contributed by atoms with van der Waals surface area (Å²) in [6.07, 6.45) is 2.26. The molecule has 134 valence electrons. The van der Waals surface area contributed by atoms with E-state index in [4.69, 9.17) is 0 Å². The van der Waals surface area contributed by atoms with Crippen molar-refractivity contribution in [1.29, 1.82) is 0 Å². The van der Waals surface area contributed by atoms with Gasteiger partial charge in [-0.15, -0.1) is 0 Å². The number of likely N-dealkylation sites (tertiary alicyclic amines) is 1. The van der Waals surface area contributed by atoms with Crippen molar-refractivity contribution >= 4 is 11.7 Å². The molecule has 0 spiro atoms. The van der Waals surface area contributed by atoms with Crippen LogP contribution in [0.25, 0.3) is 0 Å². The van der Waals surface area contributed by atoms with E-state index in [9.17, 15) is 13.6 Å². The van der Waals surface area contributed by atoms with Crippen LogP contribution < -0.4 is 5.32 Å². The van der Waals surface area contributed by atoms with Crippen LogP contribution >= 0.6 is 0 Å². The Hall–Kier alpha value is -1.73. The van der Waals surface area contributed by atoms with E-state index in [1.54, 1.807) is 7.05 Å². The Morgan fingerprint density at radius 3 is 2.54 bits per heavy atom. The molecule has 1 N–H and O–H groups in total. The summed E-state index contributed by atoms with van der Waals surface area (Å²) in [5.74, 6) is -1.45. The Balaban J connectivity index is 1.79. The van der Waals surface area contributed by atoms with Crippen LogP contribution in [0, 0.1) is 11.6 Å². The number of hydrogen-bond acceptors (Lipinski definition) is 3. The van der Waals surface area contributed by atoms with E-state index in [-0.39, 0.29) is 5.69 Å². The van der Waals surface area contributed by atoms with Crippen molar-refractivity contribution in [2.24, 2.45) is 0 Å². The number of rotatable bonds is 5. The summed E-state index contributed by atoms with van der Waals surface area (Å²) in [7, 11) is 5.86. The van der Waals surface area contributed by atoms with E-state index in [0.717, 1.165) is 44.6 Å². The lowest BCUT2D eigenvalue weighted by molar-refractivity contribution is 0.136. The largest absolute Gasteiger partial charge is 0.326 e. The molecule has 0 radical (unpaired) electrons. The van der Waals surface area contributed by atoms with Gasteiger partial charge in [0.25, 0.3) is 0 Å². The standard InChI is InChI=1S/C17H26F2N4O/c1-21-8-6-14(7-9-21)22(2)10-11-23(3)17(24)20-16-5-4-13(18)12-15(16)19/h4-5,12,14H,6-11H2,1-3H3,(H,20,24). The summed E-state index contributed by atoms with van der Waals surface area (Å²) in [4.78, 5) is 18.2. The molecule has 2 amide bonds. The predicted molar refractivity (Wildman–Crippen MR) is 91.2 cm³/mol. The fourth-order valence-electron chi connectivity index (χ4n) is 2.83. The van der Waals surface area contributed by atoms with Gasteiger partial charge in [0.05, 0.1) is 5.69 Å². The van der Waals surface area contributed by atoms with Crippen LogP contribution in [0.5, 0.6) is 0 Å². The van der Waals surface area contributed by atoms with Crippen molar-refractivity contribution in [2.75, 3.05) is 52.6 Å². The van der Waals surface area contributed by atoms with Gasteiger partial charge in [-0.05, 0) is 52.2 Å². The summed E-state index contributed by atoms with van der Waals surface area (Å²) >= 11 is 0. The normalized spacial score (nSPS) is 16.4. The molecule has 0 aliphatic carbocycles. The topological polar surface area (TPSA) is 38.8 Å². The molecule has 7 heteroatoms. The Labute approximate surface area is 142 Å². The zero-order valence-corrected chi connectivity index (χ0v) is 14.6. The molecule has 1 aromatic carbocycles. The Morgan fingerprint density at radius 1 is 1.25 bits per heavy atom. The molecular weight excluding hydrogens is 314 g/mol. The van der Waals surface area contributed by atoms with Crippen LogP contribution in [0.1, 0.15) is 12.8 Å². The number of urea groups is 1. The van der Waals surface area contributed by atoms with E-state index in [1.807, 2.05) is 0 Å². The lowest BCUT2D eigenvalue weighted by Crippen LogP contribution is -2.45. The van der Waals surface area contributed by atoms with Crippen molar-refractivity contribution < 1.29 is 13.6 Å². The number of carbonyl (C=O) groups excluding carboxylic acids is 1. The highest BCUT2D eigenvalue weighted by molar-refractivity contribution is 5.89. The van der Waals surface area contributed by atoms with E-state index >= 15 is 0 Å². The fraction of sp³-hybridized carbons (Fsp3) is 0.588. The monoisotopic (exact) mass is 340 g/mol. The van der Waals surface area contributed by atoms with E-state index in [1.165, 1.54) is 11.0 Å². The van der Waals surface area contributed by atoms with Crippen molar-refractivity contribution in [1.82, 2.24) is 14.7 Å². The Kier molecular flexibility index (Phi) is 6.51. The first-order chi connectivity index (χ1) is 11.4. The van der Waals surface area contributed by atoms with Crippen LogP contribution in [-0.4, -0.2) is 74.1 Å². The molecule has 2 rings (SSSR count). The molecule has 0 bridgehead atoms. The number of likely N-dealkylation sites (N-methyl/N-ethyl adjacent to an activating group) is 2. The second-order valence-electron chi connectivity index (χ2n) is 6.49. The van der Waals surface area contributed by atoms with Gasteiger partial charge in [-0.2, -0.15) is 0 Å². The molecule has 0 unspecified atom stereocenters. The second-order valence-corrected chi connectivity index (χ2v) is 6.49. The minimum atomic E-state index is -0.778. The van der Waals surface area contributed by atoms with Gasteiger partial charge in [0.1, 0.15) is 11.6 Å². The number of carbonyl (C=O) groups is 1. The Bertz CT molecular complexity index is 562. The Morgan fingerprint density at radius 2 is 1.92 bits per heavy atom. The lowest BCUT2D eigenvalue weighted by Gasteiger charge is -2.35. The van der Waals surface area contributed by atoms with Gasteiger partial charge in [0, 0.05) is 32.2 Å². The van der Waals surface area contributed by atoms with Gasteiger partial charge in [0.15, 0.2) is 0 Å². The molecule has 5 nitrogen and oxygen atoms in total. The predicted octanol–water partition coefficient (Wildman–Crippen LogP) is 2.45. The van der Waals surface area contributed by atoms with Crippen molar-refractivity contribution in [3.8, 4) is 0 Å². The minimum Gasteiger partial charge on any atom is -0.326 e. The lowest BCUT2D eigenvalue weighted by atomic mass is 10.0. The van der Waals surface area contributed by atoms with Gasteiger partial charge < -0.3 is 20.0 Å². The number of nitrogens with one attached hydrogen (secondary N) is 1. The summed E-state index contributed by atoms with van der Waals surface area (Å²) in [5, 5.41) is 2.47. The highest BCUT2D eigenvalue weighted by atomic mass is 19.1.